The highest BCUT2D eigenvalue weighted by atomic mass is 127. The Balaban J connectivity index is 3.44. The fourth-order valence-electron chi connectivity index (χ4n) is 1.07. The fraction of sp³-hybridized carbons (Fsp3) is 0.222. The maximum Gasteiger partial charge on any atom is 0.416 e. The van der Waals surface area contributed by atoms with Gasteiger partial charge in [0.1, 0.15) is 6.07 Å². The van der Waals surface area contributed by atoms with Gasteiger partial charge in [0, 0.05) is 9.45 Å². The zero-order valence-electron chi connectivity index (χ0n) is 7.20. The molecule has 0 unspecified atom stereocenters. The topological polar surface area (TPSA) is 23.8 Å². The van der Waals surface area contributed by atoms with Crippen LogP contribution < -0.4 is 0 Å². The summed E-state index contributed by atoms with van der Waals surface area (Å²) in [7, 11) is 0. The number of rotatable bonds is 1. The molecule has 0 amide bonds. The number of halogens is 5. The second-order valence-electron chi connectivity index (χ2n) is 2.73. The average molecular weight is 345 g/mol. The van der Waals surface area contributed by atoms with Gasteiger partial charge in [-0.25, -0.2) is 0 Å². The lowest BCUT2D eigenvalue weighted by molar-refractivity contribution is -0.138. The first-order chi connectivity index (χ1) is 6.90. The number of benzene rings is 1. The Morgan fingerprint density at radius 3 is 2.40 bits per heavy atom. The van der Waals surface area contributed by atoms with Gasteiger partial charge in [-0.05, 0) is 40.3 Å². The molecule has 1 aromatic rings. The van der Waals surface area contributed by atoms with Crippen molar-refractivity contribution in [3.8, 4) is 6.07 Å². The molecule has 0 N–H and O–H groups in total. The van der Waals surface area contributed by atoms with Crippen LogP contribution in [-0.2, 0) is 12.1 Å². The Hall–Kier alpha value is -0.480. The number of hydrogen-bond donors (Lipinski definition) is 0. The van der Waals surface area contributed by atoms with Crippen molar-refractivity contribution in [2.75, 3.05) is 0 Å². The third-order valence-corrected chi connectivity index (χ3v) is 2.94. The van der Waals surface area contributed by atoms with Crippen LogP contribution in [0.2, 0.25) is 0 Å². The molecule has 0 aromatic heterocycles. The first kappa shape index (κ1) is 12.6. The molecule has 6 heteroatoms. The van der Waals surface area contributed by atoms with Crippen LogP contribution in [0.5, 0.6) is 0 Å². The minimum atomic E-state index is -4.47. The predicted molar refractivity (Wildman–Crippen MR) is 58.4 cm³/mol. The summed E-state index contributed by atoms with van der Waals surface area (Å²) in [5.74, 6) is -0.226. The third kappa shape index (κ3) is 2.75. The lowest BCUT2D eigenvalue weighted by atomic mass is 10.1. The molecule has 0 aliphatic carbocycles. The number of nitriles is 1. The fourth-order valence-corrected chi connectivity index (χ4v) is 1.95. The summed E-state index contributed by atoms with van der Waals surface area (Å²) in [5, 5.41) is 8.62. The van der Waals surface area contributed by atoms with Crippen LogP contribution in [0.4, 0.5) is 13.2 Å². The van der Waals surface area contributed by atoms with E-state index in [-0.39, 0.29) is 17.0 Å². The Morgan fingerprint density at radius 1 is 1.40 bits per heavy atom. The minimum absolute atomic E-state index is 0.00688. The van der Waals surface area contributed by atoms with E-state index in [2.05, 4.69) is 0 Å². The van der Waals surface area contributed by atoms with Crippen molar-refractivity contribution < 1.29 is 13.2 Å². The van der Waals surface area contributed by atoms with Crippen LogP contribution in [0.25, 0.3) is 0 Å². The maximum atomic E-state index is 12.5. The van der Waals surface area contributed by atoms with Crippen molar-refractivity contribution in [2.45, 2.75) is 12.1 Å². The monoisotopic (exact) mass is 345 g/mol. The number of alkyl halides is 4. The van der Waals surface area contributed by atoms with Crippen LogP contribution in [0.15, 0.2) is 12.1 Å². The zero-order valence-corrected chi connectivity index (χ0v) is 10.1. The van der Waals surface area contributed by atoms with Gasteiger partial charge in [0.25, 0.3) is 0 Å². The Kier molecular flexibility index (Phi) is 3.84. The van der Waals surface area contributed by atoms with E-state index in [9.17, 15) is 13.2 Å². The van der Waals surface area contributed by atoms with Crippen molar-refractivity contribution in [3.63, 3.8) is 0 Å². The van der Waals surface area contributed by atoms with Crippen molar-refractivity contribution >= 4 is 34.2 Å². The molecule has 0 saturated heterocycles. The van der Waals surface area contributed by atoms with Gasteiger partial charge in [-0.2, -0.15) is 18.4 Å². The lowest BCUT2D eigenvalue weighted by Gasteiger charge is -2.12. The minimum Gasteiger partial charge on any atom is -0.192 e. The highest BCUT2D eigenvalue weighted by Gasteiger charge is 2.33. The van der Waals surface area contributed by atoms with E-state index in [0.717, 1.165) is 6.07 Å². The molecule has 1 aromatic carbocycles. The Morgan fingerprint density at radius 2 is 2.00 bits per heavy atom. The Labute approximate surface area is 103 Å². The van der Waals surface area contributed by atoms with E-state index in [1.54, 1.807) is 28.7 Å². The molecular weight excluding hydrogens is 341 g/mol. The molecule has 0 fully saturated rings. The molecule has 0 radical (unpaired) electrons. The van der Waals surface area contributed by atoms with Crippen molar-refractivity contribution in [3.05, 3.63) is 32.4 Å². The molecular formula is C9H4ClF3IN. The maximum absolute atomic E-state index is 12.5. The highest BCUT2D eigenvalue weighted by Crippen LogP contribution is 2.34. The molecule has 0 saturated carbocycles. The summed E-state index contributed by atoms with van der Waals surface area (Å²) in [4.78, 5) is 0. The van der Waals surface area contributed by atoms with E-state index >= 15 is 0 Å². The molecule has 0 heterocycles. The number of nitrogens with zero attached hydrogens (tertiary/aromatic N) is 1. The summed E-state index contributed by atoms with van der Waals surface area (Å²) < 4.78 is 38.0. The number of hydrogen-bond acceptors (Lipinski definition) is 1. The first-order valence-corrected chi connectivity index (χ1v) is 5.37. The lowest BCUT2D eigenvalue weighted by Crippen LogP contribution is -2.09. The molecule has 0 bridgehead atoms. The summed E-state index contributed by atoms with van der Waals surface area (Å²) in [5.41, 5.74) is -0.834. The van der Waals surface area contributed by atoms with Gasteiger partial charge in [-0.1, -0.05) is 0 Å². The van der Waals surface area contributed by atoms with Crippen molar-refractivity contribution in [1.82, 2.24) is 0 Å². The molecule has 80 valence electrons. The molecule has 1 nitrogen and oxygen atoms in total. The van der Waals surface area contributed by atoms with Crippen molar-refractivity contribution in [1.29, 1.82) is 5.26 Å². The van der Waals surface area contributed by atoms with Crippen LogP contribution in [0.3, 0.4) is 0 Å². The Bertz CT molecular complexity index is 423. The van der Waals surface area contributed by atoms with Gasteiger partial charge in [-0.3, -0.25) is 0 Å². The van der Waals surface area contributed by atoms with Gasteiger partial charge in [0.15, 0.2) is 0 Å². The second-order valence-corrected chi connectivity index (χ2v) is 4.16. The smallest absolute Gasteiger partial charge is 0.192 e. The largest absolute Gasteiger partial charge is 0.416 e. The second kappa shape index (κ2) is 4.58. The van der Waals surface area contributed by atoms with Gasteiger partial charge in [-0.15, -0.1) is 11.6 Å². The quantitative estimate of drug-likeness (QED) is 0.559. The van der Waals surface area contributed by atoms with Crippen LogP contribution >= 0.6 is 34.2 Å². The molecule has 15 heavy (non-hydrogen) atoms. The van der Waals surface area contributed by atoms with E-state index < -0.39 is 11.7 Å². The first-order valence-electron chi connectivity index (χ1n) is 3.76. The van der Waals surface area contributed by atoms with Crippen LogP contribution in [0.1, 0.15) is 16.7 Å². The van der Waals surface area contributed by atoms with E-state index in [1.165, 1.54) is 6.07 Å². The normalized spacial score (nSPS) is 11.2. The molecule has 0 aliphatic rings. The molecule has 0 aliphatic heterocycles. The van der Waals surface area contributed by atoms with Crippen LogP contribution in [-0.4, -0.2) is 0 Å². The zero-order chi connectivity index (χ0) is 11.6. The SMILES string of the molecule is N#Cc1cc(C(F)(F)F)c(CCl)cc1I. The van der Waals surface area contributed by atoms with E-state index in [1.807, 2.05) is 0 Å². The van der Waals surface area contributed by atoms with Crippen molar-refractivity contribution in [2.24, 2.45) is 0 Å². The highest BCUT2D eigenvalue weighted by molar-refractivity contribution is 14.1. The molecule has 0 spiro atoms. The standard InChI is InChI=1S/C9H4ClF3IN/c10-3-5-2-8(14)6(4-15)1-7(5)9(11,12)13/h1-2H,3H2. The van der Waals surface area contributed by atoms with Gasteiger partial charge < -0.3 is 0 Å². The third-order valence-electron chi connectivity index (χ3n) is 1.76. The van der Waals surface area contributed by atoms with Crippen LogP contribution in [0, 0.1) is 14.9 Å². The average Bonchev–Trinajstić information content (AvgIpc) is 2.15. The van der Waals surface area contributed by atoms with Gasteiger partial charge in [0.2, 0.25) is 0 Å². The van der Waals surface area contributed by atoms with E-state index in [0.29, 0.717) is 3.57 Å². The summed E-state index contributed by atoms with van der Waals surface area (Å²) in [6.45, 7) is 0. The summed E-state index contributed by atoms with van der Waals surface area (Å²) in [6, 6.07) is 3.83. The predicted octanol–water partition coefficient (Wildman–Crippen LogP) is 3.92. The van der Waals surface area contributed by atoms with Gasteiger partial charge in [0.05, 0.1) is 11.1 Å². The molecule has 1 rings (SSSR count). The summed E-state index contributed by atoms with van der Waals surface area (Å²) >= 11 is 7.23. The summed E-state index contributed by atoms with van der Waals surface area (Å²) in [6.07, 6.45) is -4.47. The molecule has 0 atom stereocenters. The van der Waals surface area contributed by atoms with Gasteiger partial charge >= 0.3 is 6.18 Å². The van der Waals surface area contributed by atoms with E-state index in [4.69, 9.17) is 16.9 Å².